The molecule has 2 aromatic rings. The molecule has 0 fully saturated rings. The van der Waals surface area contributed by atoms with E-state index < -0.39 is 5.41 Å². The van der Waals surface area contributed by atoms with Crippen LogP contribution in [0.25, 0.3) is 0 Å². The van der Waals surface area contributed by atoms with Gasteiger partial charge in [0.2, 0.25) is 5.91 Å². The zero-order valence-electron chi connectivity index (χ0n) is 14.6. The van der Waals surface area contributed by atoms with Gasteiger partial charge in [-0.25, -0.2) is 4.39 Å². The molecule has 1 aliphatic heterocycles. The molecule has 0 bridgehead atoms. The number of benzene rings is 2. The third kappa shape index (κ3) is 3.05. The van der Waals surface area contributed by atoms with Crippen molar-refractivity contribution in [3.05, 3.63) is 64.4 Å². The second kappa shape index (κ2) is 6.77. The fourth-order valence-corrected chi connectivity index (χ4v) is 3.72. The molecular formula is C20H22ClFN2O. The van der Waals surface area contributed by atoms with E-state index in [-0.39, 0.29) is 17.8 Å². The van der Waals surface area contributed by atoms with Crippen LogP contribution in [0, 0.1) is 5.82 Å². The summed E-state index contributed by atoms with van der Waals surface area (Å²) in [6.45, 7) is 4.40. The summed E-state index contributed by atoms with van der Waals surface area (Å²) in [4.78, 5) is 14.8. The third-order valence-corrected chi connectivity index (χ3v) is 5.10. The lowest BCUT2D eigenvalue weighted by molar-refractivity contribution is -0.122. The van der Waals surface area contributed by atoms with Crippen molar-refractivity contribution in [1.29, 1.82) is 0 Å². The normalized spacial score (nSPS) is 16.8. The van der Waals surface area contributed by atoms with Crippen molar-refractivity contribution in [3.63, 3.8) is 0 Å². The van der Waals surface area contributed by atoms with Crippen LogP contribution in [0.2, 0.25) is 5.02 Å². The quantitative estimate of drug-likeness (QED) is 0.854. The van der Waals surface area contributed by atoms with Crippen LogP contribution in [0.5, 0.6) is 0 Å². The van der Waals surface area contributed by atoms with E-state index in [1.54, 1.807) is 17.0 Å². The van der Waals surface area contributed by atoms with Crippen molar-refractivity contribution < 1.29 is 9.18 Å². The van der Waals surface area contributed by atoms with E-state index >= 15 is 0 Å². The molecule has 0 saturated carbocycles. The number of hydrogen-bond acceptors (Lipinski definition) is 2. The van der Waals surface area contributed by atoms with E-state index in [0.717, 1.165) is 11.1 Å². The van der Waals surface area contributed by atoms with E-state index in [9.17, 15) is 9.18 Å². The highest BCUT2D eigenvalue weighted by molar-refractivity contribution is 6.30. The summed E-state index contributed by atoms with van der Waals surface area (Å²) in [5.74, 6) is -0.457. The molecule has 3 rings (SSSR count). The number of nitrogens with zero attached hydrogens (tertiary/aromatic N) is 1. The van der Waals surface area contributed by atoms with Crippen molar-refractivity contribution >= 4 is 23.2 Å². The lowest BCUT2D eigenvalue weighted by atomic mass is 9.86. The lowest BCUT2D eigenvalue weighted by Gasteiger charge is -2.30. The second-order valence-electron chi connectivity index (χ2n) is 6.90. The van der Waals surface area contributed by atoms with Gasteiger partial charge < -0.3 is 10.2 Å². The van der Waals surface area contributed by atoms with Gasteiger partial charge in [-0.3, -0.25) is 4.79 Å². The highest BCUT2D eigenvalue weighted by Crippen LogP contribution is 2.47. The first-order valence-electron chi connectivity index (χ1n) is 8.40. The molecule has 1 N–H and O–H groups in total. The summed E-state index contributed by atoms with van der Waals surface area (Å²) in [6.07, 6.45) is 0.659. The molecule has 0 radical (unpaired) electrons. The van der Waals surface area contributed by atoms with Gasteiger partial charge in [0.25, 0.3) is 0 Å². The van der Waals surface area contributed by atoms with Crippen LogP contribution in [0.4, 0.5) is 10.1 Å². The molecule has 3 nitrogen and oxygen atoms in total. The first-order valence-corrected chi connectivity index (χ1v) is 8.78. The smallest absolute Gasteiger partial charge is 0.237 e. The maximum absolute atomic E-state index is 14.7. The molecule has 2 aromatic carbocycles. The van der Waals surface area contributed by atoms with E-state index in [2.05, 4.69) is 5.32 Å². The topological polar surface area (TPSA) is 32.3 Å². The number of hydrogen-bond donors (Lipinski definition) is 1. The molecule has 1 atom stereocenters. The van der Waals surface area contributed by atoms with Crippen molar-refractivity contribution in [3.8, 4) is 0 Å². The summed E-state index contributed by atoms with van der Waals surface area (Å²) in [5, 5.41) is 3.72. The van der Waals surface area contributed by atoms with Crippen LogP contribution in [-0.4, -0.2) is 19.5 Å². The first-order chi connectivity index (χ1) is 11.9. The number of carbonyl (C=O) groups is 1. The minimum absolute atomic E-state index is 0.0892. The molecule has 0 saturated heterocycles. The monoisotopic (exact) mass is 360 g/mol. The van der Waals surface area contributed by atoms with E-state index in [1.807, 2.05) is 45.2 Å². The number of carbonyl (C=O) groups excluding carboxylic acids is 1. The average Bonchev–Trinajstić information content (AvgIpc) is 2.78. The third-order valence-electron chi connectivity index (χ3n) is 4.87. The molecule has 25 heavy (non-hydrogen) atoms. The Hall–Kier alpha value is -1.91. The van der Waals surface area contributed by atoms with Gasteiger partial charge in [-0.1, -0.05) is 35.9 Å². The van der Waals surface area contributed by atoms with E-state index in [0.29, 0.717) is 23.7 Å². The largest absolute Gasteiger partial charge is 0.320 e. The number of para-hydroxylation sites is 1. The Morgan fingerprint density at radius 3 is 2.64 bits per heavy atom. The van der Waals surface area contributed by atoms with Gasteiger partial charge in [0, 0.05) is 5.02 Å². The van der Waals surface area contributed by atoms with Gasteiger partial charge >= 0.3 is 0 Å². The molecule has 132 valence electrons. The van der Waals surface area contributed by atoms with Crippen LogP contribution in [0.15, 0.2) is 42.5 Å². The molecule has 0 aliphatic carbocycles. The van der Waals surface area contributed by atoms with Crippen molar-refractivity contribution in [2.24, 2.45) is 0 Å². The van der Waals surface area contributed by atoms with Gasteiger partial charge in [0.15, 0.2) is 0 Å². The first kappa shape index (κ1) is 17.9. The Kier molecular flexibility index (Phi) is 4.85. The van der Waals surface area contributed by atoms with Crippen molar-refractivity contribution in [2.75, 3.05) is 18.5 Å². The van der Waals surface area contributed by atoms with Crippen LogP contribution >= 0.6 is 11.6 Å². The number of fused-ring (bicyclic) bond motifs is 1. The Bertz CT molecular complexity index is 806. The fraction of sp³-hybridized carbons (Fsp3) is 0.350. The predicted molar refractivity (Wildman–Crippen MR) is 99.6 cm³/mol. The van der Waals surface area contributed by atoms with Crippen LogP contribution in [0.3, 0.4) is 0 Å². The van der Waals surface area contributed by atoms with Gasteiger partial charge in [0.1, 0.15) is 5.82 Å². The molecule has 1 unspecified atom stereocenters. The summed E-state index contributed by atoms with van der Waals surface area (Å²) >= 11 is 6.16. The summed E-state index contributed by atoms with van der Waals surface area (Å²) in [6, 6.07) is 12.1. The molecule has 0 aromatic heterocycles. The number of anilines is 1. The van der Waals surface area contributed by atoms with Crippen molar-refractivity contribution in [1.82, 2.24) is 5.32 Å². The lowest BCUT2D eigenvalue weighted by Crippen LogP contribution is -2.39. The molecule has 1 heterocycles. The average molecular weight is 361 g/mol. The molecule has 5 heteroatoms. The summed E-state index contributed by atoms with van der Waals surface area (Å²) in [7, 11) is 1.86. The maximum Gasteiger partial charge on any atom is 0.237 e. The molecule has 1 amide bonds. The zero-order chi connectivity index (χ0) is 18.2. The minimum Gasteiger partial charge on any atom is -0.320 e. The maximum atomic E-state index is 14.7. The Labute approximate surface area is 152 Å². The fourth-order valence-electron chi connectivity index (χ4n) is 3.52. The van der Waals surface area contributed by atoms with Gasteiger partial charge in [-0.15, -0.1) is 0 Å². The Balaban J connectivity index is 2.15. The van der Waals surface area contributed by atoms with E-state index in [1.165, 1.54) is 6.07 Å². The van der Waals surface area contributed by atoms with E-state index in [4.69, 9.17) is 11.6 Å². The van der Waals surface area contributed by atoms with Crippen molar-refractivity contribution in [2.45, 2.75) is 31.7 Å². The summed E-state index contributed by atoms with van der Waals surface area (Å²) < 4.78 is 14.7. The van der Waals surface area contributed by atoms with Crippen LogP contribution < -0.4 is 10.2 Å². The van der Waals surface area contributed by atoms with Crippen LogP contribution in [-0.2, 0) is 10.2 Å². The number of halogens is 2. The second-order valence-corrected chi connectivity index (χ2v) is 7.34. The highest BCUT2D eigenvalue weighted by Gasteiger charge is 2.47. The SMILES string of the molecule is CNCCC(c1cccc(Cl)c1)N1C(=O)C(C)(C)c2cccc(F)c21. The summed E-state index contributed by atoms with van der Waals surface area (Å²) in [5.41, 5.74) is 1.27. The highest BCUT2D eigenvalue weighted by atomic mass is 35.5. The zero-order valence-corrected chi connectivity index (χ0v) is 15.4. The van der Waals surface area contributed by atoms with Crippen LogP contribution in [0.1, 0.15) is 37.4 Å². The minimum atomic E-state index is -0.756. The molecular weight excluding hydrogens is 339 g/mol. The Morgan fingerprint density at radius 2 is 1.96 bits per heavy atom. The predicted octanol–water partition coefficient (Wildman–Crippen LogP) is 4.45. The number of rotatable bonds is 5. The Morgan fingerprint density at radius 1 is 1.24 bits per heavy atom. The number of amides is 1. The standard InChI is InChI=1S/C20H22ClFN2O/c1-20(2)15-8-5-9-16(22)18(15)24(19(20)25)17(10-11-23-3)13-6-4-7-14(21)12-13/h4-9,12,17,23H,10-11H2,1-3H3. The van der Waals surface area contributed by atoms with Gasteiger partial charge in [-0.05, 0) is 63.2 Å². The number of nitrogens with one attached hydrogen (secondary N) is 1. The van der Waals surface area contributed by atoms with Gasteiger partial charge in [-0.2, -0.15) is 0 Å². The molecule has 1 aliphatic rings. The molecule has 0 spiro atoms. The van der Waals surface area contributed by atoms with Gasteiger partial charge in [0.05, 0.1) is 17.1 Å².